The van der Waals surface area contributed by atoms with Crippen LogP contribution in [0.15, 0.2) is 0 Å². The fourth-order valence-electron chi connectivity index (χ4n) is 0.681. The third-order valence-electron chi connectivity index (χ3n) is 1.11. The number of nitrogens with one attached hydrogen (secondary N) is 1. The second-order valence-corrected chi connectivity index (χ2v) is 5.08. The summed E-state index contributed by atoms with van der Waals surface area (Å²) in [5.41, 5.74) is 1.81. The van der Waals surface area contributed by atoms with Gasteiger partial charge in [-0.05, 0) is 33.1 Å². The van der Waals surface area contributed by atoms with Gasteiger partial charge in [0.25, 0.3) is 0 Å². The van der Waals surface area contributed by atoms with E-state index in [1.165, 1.54) is 0 Å². The number of hydrogen-bond acceptors (Lipinski definition) is 2. The summed E-state index contributed by atoms with van der Waals surface area (Å²) in [5.74, 6) is -0.130. The molecule has 0 aromatic rings. The van der Waals surface area contributed by atoms with E-state index in [-0.39, 0.29) is 16.9 Å². The largest absolute Gasteiger partial charge is 0.273 e. The highest BCUT2D eigenvalue weighted by molar-refractivity contribution is 5.75. The molecular formula is C10H20NO2. The van der Waals surface area contributed by atoms with E-state index in [9.17, 15) is 4.79 Å². The van der Waals surface area contributed by atoms with Crippen LogP contribution in [-0.4, -0.2) is 11.5 Å². The van der Waals surface area contributed by atoms with E-state index in [1.807, 2.05) is 34.6 Å². The smallest absolute Gasteiger partial charge is 0.244 e. The van der Waals surface area contributed by atoms with Crippen molar-refractivity contribution in [3.8, 4) is 0 Å². The van der Waals surface area contributed by atoms with E-state index in [0.717, 1.165) is 0 Å². The van der Waals surface area contributed by atoms with Crippen LogP contribution in [0.1, 0.15) is 41.0 Å². The van der Waals surface area contributed by atoms with Crippen molar-refractivity contribution in [3.63, 3.8) is 0 Å². The minimum atomic E-state index is -0.346. The SMILES string of the molecule is [CH2]C(C)(C)CC(=O)NOC(C)(C)C. The van der Waals surface area contributed by atoms with E-state index in [4.69, 9.17) is 4.84 Å². The van der Waals surface area contributed by atoms with Crippen LogP contribution in [0.2, 0.25) is 0 Å². The Morgan fingerprint density at radius 1 is 1.31 bits per heavy atom. The molecule has 77 valence electrons. The lowest BCUT2D eigenvalue weighted by Crippen LogP contribution is -2.35. The van der Waals surface area contributed by atoms with Crippen LogP contribution >= 0.6 is 0 Å². The van der Waals surface area contributed by atoms with Gasteiger partial charge in [-0.1, -0.05) is 13.8 Å². The minimum Gasteiger partial charge on any atom is -0.273 e. The number of amides is 1. The Kier molecular flexibility index (Phi) is 3.91. The summed E-state index contributed by atoms with van der Waals surface area (Å²) >= 11 is 0. The molecule has 0 unspecified atom stereocenters. The van der Waals surface area contributed by atoms with Gasteiger partial charge in [0.2, 0.25) is 5.91 Å². The van der Waals surface area contributed by atoms with Gasteiger partial charge in [-0.15, -0.1) is 0 Å². The molecule has 0 saturated heterocycles. The van der Waals surface area contributed by atoms with Crippen LogP contribution in [0.25, 0.3) is 0 Å². The Hall–Kier alpha value is -0.570. The van der Waals surface area contributed by atoms with Crippen molar-refractivity contribution >= 4 is 5.91 Å². The fourth-order valence-corrected chi connectivity index (χ4v) is 0.681. The van der Waals surface area contributed by atoms with E-state index in [1.54, 1.807) is 0 Å². The summed E-state index contributed by atoms with van der Waals surface area (Å²) in [5, 5.41) is 0. The van der Waals surface area contributed by atoms with E-state index in [0.29, 0.717) is 6.42 Å². The third kappa shape index (κ3) is 9.34. The Labute approximate surface area is 80.8 Å². The van der Waals surface area contributed by atoms with Crippen molar-refractivity contribution in [2.75, 3.05) is 0 Å². The number of hydroxylamine groups is 1. The van der Waals surface area contributed by atoms with E-state index in [2.05, 4.69) is 12.4 Å². The summed E-state index contributed by atoms with van der Waals surface area (Å²) in [6.45, 7) is 13.3. The molecule has 1 radical (unpaired) electrons. The van der Waals surface area contributed by atoms with E-state index >= 15 is 0 Å². The van der Waals surface area contributed by atoms with Gasteiger partial charge in [0.05, 0.1) is 5.60 Å². The van der Waals surface area contributed by atoms with Crippen LogP contribution in [0.4, 0.5) is 0 Å². The van der Waals surface area contributed by atoms with Crippen LogP contribution < -0.4 is 5.48 Å². The predicted molar refractivity (Wildman–Crippen MR) is 52.7 cm³/mol. The van der Waals surface area contributed by atoms with Crippen molar-refractivity contribution < 1.29 is 9.63 Å². The molecule has 0 fully saturated rings. The van der Waals surface area contributed by atoms with Crippen molar-refractivity contribution in [3.05, 3.63) is 6.92 Å². The summed E-state index contributed by atoms with van der Waals surface area (Å²) < 4.78 is 0. The molecule has 0 aliphatic heterocycles. The number of hydrogen-bond donors (Lipinski definition) is 1. The Morgan fingerprint density at radius 3 is 2.08 bits per heavy atom. The normalized spacial score (nSPS) is 12.8. The molecule has 13 heavy (non-hydrogen) atoms. The zero-order valence-electron chi connectivity index (χ0n) is 9.23. The first-order chi connectivity index (χ1) is 5.60. The molecule has 1 amide bonds. The van der Waals surface area contributed by atoms with Gasteiger partial charge in [0.1, 0.15) is 0 Å². The maximum atomic E-state index is 11.2. The molecule has 0 atom stereocenters. The molecule has 0 aromatic heterocycles. The van der Waals surface area contributed by atoms with Gasteiger partial charge < -0.3 is 0 Å². The first kappa shape index (κ1) is 12.4. The maximum Gasteiger partial charge on any atom is 0.244 e. The first-order valence-electron chi connectivity index (χ1n) is 4.42. The lowest BCUT2D eigenvalue weighted by Gasteiger charge is -2.21. The minimum absolute atomic E-state index is 0.130. The quantitative estimate of drug-likeness (QED) is 0.685. The summed E-state index contributed by atoms with van der Waals surface area (Å²) in [7, 11) is 0. The second kappa shape index (κ2) is 4.09. The van der Waals surface area contributed by atoms with Crippen molar-refractivity contribution in [1.82, 2.24) is 5.48 Å². The van der Waals surface area contributed by atoms with Crippen molar-refractivity contribution in [1.29, 1.82) is 0 Å². The molecule has 0 rings (SSSR count). The lowest BCUT2D eigenvalue weighted by atomic mass is 9.92. The molecule has 0 aliphatic rings. The van der Waals surface area contributed by atoms with Gasteiger partial charge in [-0.3, -0.25) is 9.63 Å². The van der Waals surface area contributed by atoms with Crippen LogP contribution in [0.3, 0.4) is 0 Å². The van der Waals surface area contributed by atoms with Crippen molar-refractivity contribution in [2.45, 2.75) is 46.6 Å². The van der Waals surface area contributed by atoms with Gasteiger partial charge >= 0.3 is 0 Å². The van der Waals surface area contributed by atoms with Crippen LogP contribution in [0, 0.1) is 12.3 Å². The number of carbonyl (C=O) groups is 1. The maximum absolute atomic E-state index is 11.2. The highest BCUT2D eigenvalue weighted by Crippen LogP contribution is 2.17. The molecule has 0 spiro atoms. The van der Waals surface area contributed by atoms with Gasteiger partial charge in [0.15, 0.2) is 0 Å². The van der Waals surface area contributed by atoms with E-state index < -0.39 is 0 Å². The number of carbonyl (C=O) groups excluding carboxylic acids is 1. The van der Waals surface area contributed by atoms with Crippen molar-refractivity contribution in [2.24, 2.45) is 5.41 Å². The average Bonchev–Trinajstić information content (AvgIpc) is 1.78. The molecule has 0 aliphatic carbocycles. The monoisotopic (exact) mass is 186 g/mol. The molecule has 0 bridgehead atoms. The summed E-state index contributed by atoms with van der Waals surface area (Å²) in [6.07, 6.45) is 0.364. The molecule has 0 heterocycles. The molecular weight excluding hydrogens is 166 g/mol. The zero-order chi connectivity index (χ0) is 10.7. The molecule has 0 saturated carbocycles. The molecule has 3 nitrogen and oxygen atoms in total. The highest BCUT2D eigenvalue weighted by atomic mass is 16.7. The molecule has 1 N–H and O–H groups in total. The second-order valence-electron chi connectivity index (χ2n) is 5.08. The van der Waals surface area contributed by atoms with Gasteiger partial charge in [-0.25, -0.2) is 5.48 Å². The third-order valence-corrected chi connectivity index (χ3v) is 1.11. The van der Waals surface area contributed by atoms with Gasteiger partial charge in [-0.2, -0.15) is 0 Å². The topological polar surface area (TPSA) is 38.3 Å². The first-order valence-corrected chi connectivity index (χ1v) is 4.42. The molecule has 0 aromatic carbocycles. The Morgan fingerprint density at radius 2 is 1.77 bits per heavy atom. The number of rotatable bonds is 3. The molecule has 3 heteroatoms. The highest BCUT2D eigenvalue weighted by Gasteiger charge is 2.18. The Bertz CT molecular complexity index is 174. The summed E-state index contributed by atoms with van der Waals surface area (Å²) in [4.78, 5) is 16.3. The Balaban J connectivity index is 3.78. The van der Waals surface area contributed by atoms with Crippen LogP contribution in [-0.2, 0) is 9.63 Å². The van der Waals surface area contributed by atoms with Gasteiger partial charge in [0, 0.05) is 6.42 Å². The predicted octanol–water partition coefficient (Wildman–Crippen LogP) is 2.08. The summed E-state index contributed by atoms with van der Waals surface area (Å²) in [6, 6.07) is 0. The standard InChI is InChI=1S/C10H20NO2/c1-9(2,3)7-8(12)11-13-10(4,5)6/h1,7H2,2-6H3,(H,11,12). The fraction of sp³-hybridized carbons (Fsp3) is 0.800. The zero-order valence-corrected chi connectivity index (χ0v) is 9.23. The average molecular weight is 186 g/mol. The van der Waals surface area contributed by atoms with Crippen LogP contribution in [0.5, 0.6) is 0 Å². The lowest BCUT2D eigenvalue weighted by molar-refractivity contribution is -0.147.